The highest BCUT2D eigenvalue weighted by atomic mass is 16.5. The van der Waals surface area contributed by atoms with Crippen LogP contribution in [0.2, 0.25) is 0 Å². The molecule has 1 aliphatic rings. The number of ether oxygens (including phenoxy) is 1. The number of aliphatic hydroxyl groups is 1. The average molecular weight is 367 g/mol. The van der Waals surface area contributed by atoms with Gasteiger partial charge in [0.25, 0.3) is 0 Å². The highest BCUT2D eigenvalue weighted by Gasteiger charge is 2.19. The van der Waals surface area contributed by atoms with Crippen LogP contribution in [0.1, 0.15) is 5.56 Å². The lowest BCUT2D eigenvalue weighted by molar-refractivity contribution is 0.0723. The van der Waals surface area contributed by atoms with E-state index in [1.807, 2.05) is 0 Å². The summed E-state index contributed by atoms with van der Waals surface area (Å²) in [5, 5.41) is 13.3. The van der Waals surface area contributed by atoms with Crippen molar-refractivity contribution in [3.63, 3.8) is 0 Å². The maximum absolute atomic E-state index is 10.8. The quantitative estimate of drug-likeness (QED) is 0.753. The summed E-state index contributed by atoms with van der Waals surface area (Å²) >= 11 is 0. The molecular weight excluding hydrogens is 338 g/mol. The number of methoxy groups -OCH3 is 1. The normalized spacial score (nSPS) is 17.6. The minimum Gasteiger partial charge on any atom is -0.496 e. The molecule has 0 radical (unpaired) electrons. The standard InChI is InChI=1S/C22H29N3O2/c1-16-12-19-18-6-4-5-7-20(18)25(21(19)13-22(16)27-3)15-17(26)14-24-10-8-23(2)9-11-24/h4-7,12-13,17,26H,8-11,14-15H2,1-3H3. The van der Waals surface area contributed by atoms with E-state index in [1.54, 1.807) is 7.11 Å². The fraction of sp³-hybridized carbons (Fsp3) is 0.455. The molecule has 0 spiro atoms. The van der Waals surface area contributed by atoms with Crippen molar-refractivity contribution in [3.8, 4) is 5.75 Å². The number of piperazine rings is 1. The Hall–Kier alpha value is -2.08. The number of rotatable bonds is 5. The molecule has 2 heterocycles. The van der Waals surface area contributed by atoms with E-state index in [1.165, 1.54) is 10.8 Å². The Balaban J connectivity index is 1.67. The first kappa shape index (κ1) is 18.3. The van der Waals surface area contributed by atoms with Gasteiger partial charge in [-0.2, -0.15) is 0 Å². The zero-order chi connectivity index (χ0) is 19.0. The van der Waals surface area contributed by atoms with E-state index in [2.05, 4.69) is 64.7 Å². The lowest BCUT2D eigenvalue weighted by Crippen LogP contribution is -2.47. The minimum atomic E-state index is -0.403. The number of hydrogen-bond donors (Lipinski definition) is 1. The number of fused-ring (bicyclic) bond motifs is 3. The third kappa shape index (κ3) is 3.55. The van der Waals surface area contributed by atoms with Crippen LogP contribution < -0.4 is 4.74 Å². The van der Waals surface area contributed by atoms with Crippen LogP contribution in [-0.4, -0.2) is 72.5 Å². The maximum atomic E-state index is 10.8. The van der Waals surface area contributed by atoms with E-state index < -0.39 is 6.10 Å². The van der Waals surface area contributed by atoms with E-state index >= 15 is 0 Å². The zero-order valence-corrected chi connectivity index (χ0v) is 16.5. The number of benzene rings is 2. The summed E-state index contributed by atoms with van der Waals surface area (Å²) in [6, 6.07) is 12.7. The first-order valence-corrected chi connectivity index (χ1v) is 9.71. The van der Waals surface area contributed by atoms with Crippen LogP contribution in [0.25, 0.3) is 21.8 Å². The van der Waals surface area contributed by atoms with Crippen molar-refractivity contribution in [1.29, 1.82) is 0 Å². The summed E-state index contributed by atoms with van der Waals surface area (Å²) in [5.74, 6) is 0.889. The molecule has 0 saturated carbocycles. The molecule has 2 aromatic carbocycles. The van der Waals surface area contributed by atoms with Gasteiger partial charge in [0.1, 0.15) is 5.75 Å². The Morgan fingerprint density at radius 1 is 1.00 bits per heavy atom. The summed E-state index contributed by atoms with van der Waals surface area (Å²) in [6.07, 6.45) is -0.403. The van der Waals surface area contributed by atoms with Crippen LogP contribution in [0.5, 0.6) is 5.75 Å². The Bertz CT molecular complexity index is 942. The first-order valence-electron chi connectivity index (χ1n) is 9.71. The van der Waals surface area contributed by atoms with Crippen LogP contribution in [0.3, 0.4) is 0 Å². The molecule has 0 amide bonds. The van der Waals surface area contributed by atoms with Crippen molar-refractivity contribution in [2.45, 2.75) is 19.6 Å². The Morgan fingerprint density at radius 2 is 1.74 bits per heavy atom. The smallest absolute Gasteiger partial charge is 0.123 e. The van der Waals surface area contributed by atoms with E-state index in [9.17, 15) is 5.11 Å². The van der Waals surface area contributed by atoms with E-state index in [-0.39, 0.29) is 0 Å². The molecule has 1 aliphatic heterocycles. The molecule has 0 aliphatic carbocycles. The van der Waals surface area contributed by atoms with Crippen molar-refractivity contribution in [1.82, 2.24) is 14.4 Å². The molecule has 3 aromatic rings. The molecule has 5 heteroatoms. The van der Waals surface area contributed by atoms with Crippen LogP contribution >= 0.6 is 0 Å². The molecule has 144 valence electrons. The van der Waals surface area contributed by atoms with Crippen molar-refractivity contribution in [2.75, 3.05) is 46.9 Å². The van der Waals surface area contributed by atoms with E-state index in [0.29, 0.717) is 13.1 Å². The monoisotopic (exact) mass is 367 g/mol. The number of nitrogens with zero attached hydrogens (tertiary/aromatic N) is 3. The second-order valence-corrected chi connectivity index (χ2v) is 7.72. The molecule has 1 aromatic heterocycles. The average Bonchev–Trinajstić information content (AvgIpc) is 2.96. The topological polar surface area (TPSA) is 40.9 Å². The third-order valence-electron chi connectivity index (χ3n) is 5.75. The molecule has 27 heavy (non-hydrogen) atoms. The lowest BCUT2D eigenvalue weighted by atomic mass is 10.1. The van der Waals surface area contributed by atoms with Gasteiger partial charge in [-0.3, -0.25) is 4.90 Å². The van der Waals surface area contributed by atoms with Crippen molar-refractivity contribution in [2.24, 2.45) is 0 Å². The number of aliphatic hydroxyl groups excluding tert-OH is 1. The van der Waals surface area contributed by atoms with Gasteiger partial charge in [-0.15, -0.1) is 0 Å². The Labute approximate surface area is 160 Å². The summed E-state index contributed by atoms with van der Waals surface area (Å²) in [4.78, 5) is 4.70. The molecule has 1 fully saturated rings. The van der Waals surface area contributed by atoms with Gasteiger partial charge >= 0.3 is 0 Å². The molecule has 1 N–H and O–H groups in total. The zero-order valence-electron chi connectivity index (χ0n) is 16.5. The van der Waals surface area contributed by atoms with Gasteiger partial charge in [-0.25, -0.2) is 0 Å². The van der Waals surface area contributed by atoms with Gasteiger partial charge in [0.15, 0.2) is 0 Å². The Kier molecular flexibility index (Phi) is 5.08. The van der Waals surface area contributed by atoms with Crippen molar-refractivity contribution >= 4 is 21.8 Å². The van der Waals surface area contributed by atoms with Gasteiger partial charge in [-0.05, 0) is 31.7 Å². The van der Waals surface area contributed by atoms with Crippen LogP contribution in [0.15, 0.2) is 36.4 Å². The fourth-order valence-electron chi connectivity index (χ4n) is 4.20. The molecule has 5 nitrogen and oxygen atoms in total. The highest BCUT2D eigenvalue weighted by molar-refractivity contribution is 6.08. The Morgan fingerprint density at radius 3 is 2.48 bits per heavy atom. The summed E-state index contributed by atoms with van der Waals surface area (Å²) in [5.41, 5.74) is 3.42. The van der Waals surface area contributed by atoms with Gasteiger partial charge in [0.2, 0.25) is 0 Å². The van der Waals surface area contributed by atoms with Crippen LogP contribution in [0, 0.1) is 6.92 Å². The predicted octanol–water partition coefficient (Wildman–Crippen LogP) is 2.72. The van der Waals surface area contributed by atoms with Gasteiger partial charge in [0, 0.05) is 55.1 Å². The van der Waals surface area contributed by atoms with Crippen LogP contribution in [-0.2, 0) is 6.54 Å². The molecule has 1 unspecified atom stereocenters. The lowest BCUT2D eigenvalue weighted by Gasteiger charge is -2.33. The van der Waals surface area contributed by atoms with Gasteiger partial charge < -0.3 is 19.3 Å². The highest BCUT2D eigenvalue weighted by Crippen LogP contribution is 2.33. The molecule has 4 rings (SSSR count). The number of likely N-dealkylation sites (N-methyl/N-ethyl adjacent to an activating group) is 1. The van der Waals surface area contributed by atoms with E-state index in [4.69, 9.17) is 4.74 Å². The number of aryl methyl sites for hydroxylation is 1. The number of aromatic nitrogens is 1. The van der Waals surface area contributed by atoms with Crippen molar-refractivity contribution in [3.05, 3.63) is 42.0 Å². The SMILES string of the molecule is COc1cc2c(cc1C)c1ccccc1n2CC(O)CN1CCN(C)CC1. The second kappa shape index (κ2) is 7.50. The summed E-state index contributed by atoms with van der Waals surface area (Å²) in [6.45, 7) is 7.55. The minimum absolute atomic E-state index is 0.403. The molecule has 1 saturated heterocycles. The molecular formula is C22H29N3O2. The third-order valence-corrected chi connectivity index (χ3v) is 5.75. The van der Waals surface area contributed by atoms with E-state index in [0.717, 1.165) is 48.5 Å². The van der Waals surface area contributed by atoms with Crippen LogP contribution in [0.4, 0.5) is 0 Å². The largest absolute Gasteiger partial charge is 0.496 e. The number of hydrogen-bond acceptors (Lipinski definition) is 4. The number of para-hydroxylation sites is 1. The van der Waals surface area contributed by atoms with Gasteiger partial charge in [-0.1, -0.05) is 18.2 Å². The fourth-order valence-corrected chi connectivity index (χ4v) is 4.20. The van der Waals surface area contributed by atoms with Crippen molar-refractivity contribution < 1.29 is 9.84 Å². The first-order chi connectivity index (χ1) is 13.1. The number of β-amino-alcohol motifs (C(OH)–C–C–N with tert-alkyl or cyclic N) is 1. The van der Waals surface area contributed by atoms with Gasteiger partial charge in [0.05, 0.1) is 25.3 Å². The summed E-state index contributed by atoms with van der Waals surface area (Å²) < 4.78 is 7.80. The predicted molar refractivity (Wildman–Crippen MR) is 111 cm³/mol. The molecule has 1 atom stereocenters. The second-order valence-electron chi connectivity index (χ2n) is 7.72. The molecule has 0 bridgehead atoms. The summed E-state index contributed by atoms with van der Waals surface area (Å²) in [7, 11) is 3.87. The maximum Gasteiger partial charge on any atom is 0.123 e.